The fraction of sp³-hybridized carbons (Fsp3) is 0.231. The number of rotatable bonds is 5. The lowest BCUT2D eigenvalue weighted by atomic mass is 10.2. The normalized spacial score (nSPS) is 9.75. The molecular formula is C13H14O2Si. The van der Waals surface area contributed by atoms with Crippen molar-refractivity contribution in [1.82, 2.24) is 0 Å². The molecule has 0 aliphatic rings. The first-order valence-corrected chi connectivity index (χ1v) is 6.47. The van der Waals surface area contributed by atoms with E-state index in [-0.39, 0.29) is 13.2 Å². The smallest absolute Gasteiger partial charge is 0.357 e. The summed E-state index contributed by atoms with van der Waals surface area (Å²) in [6.07, 6.45) is 10.3. The summed E-state index contributed by atoms with van der Waals surface area (Å²) in [7, 11) is -1.95. The van der Waals surface area contributed by atoms with Crippen molar-refractivity contribution in [3.05, 3.63) is 29.8 Å². The Morgan fingerprint density at radius 2 is 1.69 bits per heavy atom. The first kappa shape index (κ1) is 12.5. The molecule has 0 fully saturated rings. The molecule has 0 spiro atoms. The summed E-state index contributed by atoms with van der Waals surface area (Å²) < 4.78 is 11.1. The van der Waals surface area contributed by atoms with Gasteiger partial charge in [0.25, 0.3) is 0 Å². The Bertz CT molecular complexity index is 397. The average Bonchev–Trinajstić information content (AvgIpc) is 2.31. The molecule has 0 aromatic heterocycles. The first-order chi connectivity index (χ1) is 7.79. The Hall–Kier alpha value is -1.52. The summed E-state index contributed by atoms with van der Waals surface area (Å²) in [4.78, 5) is 0. The van der Waals surface area contributed by atoms with Crippen LogP contribution in [0.5, 0.6) is 0 Å². The van der Waals surface area contributed by atoms with Crippen LogP contribution in [-0.4, -0.2) is 22.5 Å². The van der Waals surface area contributed by atoms with Crippen molar-refractivity contribution >= 4 is 14.5 Å². The van der Waals surface area contributed by atoms with Crippen LogP contribution in [0.15, 0.2) is 24.3 Å². The topological polar surface area (TPSA) is 18.5 Å². The van der Waals surface area contributed by atoms with Gasteiger partial charge in [0.05, 0.1) is 13.2 Å². The molecule has 16 heavy (non-hydrogen) atoms. The minimum atomic E-state index is -1.95. The summed E-state index contributed by atoms with van der Waals surface area (Å²) >= 11 is 0. The van der Waals surface area contributed by atoms with Gasteiger partial charge in [-0.25, -0.2) is 0 Å². The van der Waals surface area contributed by atoms with Gasteiger partial charge in [0, 0.05) is 0 Å². The van der Waals surface area contributed by atoms with Gasteiger partial charge in [-0.2, -0.15) is 0 Å². The van der Waals surface area contributed by atoms with Crippen LogP contribution in [0, 0.1) is 31.6 Å². The monoisotopic (exact) mass is 230 g/mol. The highest BCUT2D eigenvalue weighted by atomic mass is 28.3. The van der Waals surface area contributed by atoms with E-state index in [1.165, 1.54) is 0 Å². The molecule has 0 saturated carbocycles. The zero-order valence-corrected chi connectivity index (χ0v) is 10.4. The zero-order valence-electron chi connectivity index (χ0n) is 9.27. The molecule has 0 amide bonds. The Morgan fingerprint density at radius 1 is 1.12 bits per heavy atom. The van der Waals surface area contributed by atoms with Crippen LogP contribution in [0.25, 0.3) is 0 Å². The van der Waals surface area contributed by atoms with Gasteiger partial charge in [0.15, 0.2) is 0 Å². The van der Waals surface area contributed by atoms with Crippen LogP contribution in [-0.2, 0) is 8.85 Å². The molecule has 0 heterocycles. The van der Waals surface area contributed by atoms with E-state index in [1.807, 2.05) is 31.2 Å². The predicted octanol–water partition coefficient (Wildman–Crippen LogP) is 0.722. The Morgan fingerprint density at radius 3 is 2.19 bits per heavy atom. The van der Waals surface area contributed by atoms with Crippen molar-refractivity contribution in [1.29, 1.82) is 0 Å². The fourth-order valence-corrected chi connectivity index (χ4v) is 3.01. The Labute approximate surface area is 98.4 Å². The van der Waals surface area contributed by atoms with Gasteiger partial charge in [-0.3, -0.25) is 0 Å². The maximum atomic E-state index is 5.55. The molecule has 0 N–H and O–H groups in total. The third kappa shape index (κ3) is 3.56. The molecular weight excluding hydrogens is 216 g/mol. The van der Waals surface area contributed by atoms with E-state index >= 15 is 0 Å². The van der Waals surface area contributed by atoms with E-state index in [2.05, 4.69) is 11.8 Å². The molecule has 0 unspecified atom stereocenters. The van der Waals surface area contributed by atoms with Crippen molar-refractivity contribution in [2.75, 3.05) is 13.2 Å². The van der Waals surface area contributed by atoms with E-state index < -0.39 is 9.28 Å². The Balaban J connectivity index is 2.80. The van der Waals surface area contributed by atoms with E-state index in [0.29, 0.717) is 0 Å². The lowest BCUT2D eigenvalue weighted by molar-refractivity contribution is 0.251. The SMILES string of the molecule is C#CCO[SiH](OCC#C)c1ccccc1C. The molecule has 2 nitrogen and oxygen atoms in total. The van der Waals surface area contributed by atoms with Crippen LogP contribution in [0.2, 0.25) is 0 Å². The van der Waals surface area contributed by atoms with Gasteiger partial charge >= 0.3 is 9.28 Å². The van der Waals surface area contributed by atoms with Crippen LogP contribution in [0.3, 0.4) is 0 Å². The maximum absolute atomic E-state index is 5.55. The van der Waals surface area contributed by atoms with Gasteiger partial charge in [-0.05, 0) is 17.7 Å². The summed E-state index contributed by atoms with van der Waals surface area (Å²) in [5.74, 6) is 4.89. The van der Waals surface area contributed by atoms with E-state index in [0.717, 1.165) is 10.8 Å². The minimum absolute atomic E-state index is 0.260. The van der Waals surface area contributed by atoms with Crippen molar-refractivity contribution < 1.29 is 8.85 Å². The lowest BCUT2D eigenvalue weighted by Gasteiger charge is -2.16. The second kappa shape index (κ2) is 6.87. The molecule has 0 bridgehead atoms. The van der Waals surface area contributed by atoms with Crippen molar-refractivity contribution in [3.63, 3.8) is 0 Å². The van der Waals surface area contributed by atoms with Crippen LogP contribution < -0.4 is 5.19 Å². The molecule has 1 rings (SSSR count). The molecule has 0 aliphatic heterocycles. The predicted molar refractivity (Wildman–Crippen MR) is 67.5 cm³/mol. The van der Waals surface area contributed by atoms with Crippen molar-refractivity contribution in [3.8, 4) is 24.7 Å². The van der Waals surface area contributed by atoms with Gasteiger partial charge in [0.2, 0.25) is 0 Å². The highest BCUT2D eigenvalue weighted by Gasteiger charge is 2.17. The number of aryl methyl sites for hydroxylation is 1. The third-order valence-corrected chi connectivity index (χ3v) is 4.17. The van der Waals surface area contributed by atoms with Gasteiger partial charge in [0.1, 0.15) is 0 Å². The van der Waals surface area contributed by atoms with Crippen molar-refractivity contribution in [2.24, 2.45) is 0 Å². The second-order valence-corrected chi connectivity index (χ2v) is 5.17. The van der Waals surface area contributed by atoms with Gasteiger partial charge in [-0.1, -0.05) is 36.1 Å². The number of hydrogen-bond donors (Lipinski definition) is 0. The summed E-state index contributed by atoms with van der Waals surface area (Å²) in [6.45, 7) is 2.54. The number of terminal acetylenes is 2. The molecule has 1 aromatic rings. The number of benzene rings is 1. The van der Waals surface area contributed by atoms with E-state index in [9.17, 15) is 0 Å². The first-order valence-electron chi connectivity index (χ1n) is 4.95. The van der Waals surface area contributed by atoms with Crippen LogP contribution in [0.4, 0.5) is 0 Å². The average molecular weight is 230 g/mol. The molecule has 0 saturated heterocycles. The summed E-state index contributed by atoms with van der Waals surface area (Å²) in [5, 5.41) is 1.09. The lowest BCUT2D eigenvalue weighted by Crippen LogP contribution is -2.38. The highest BCUT2D eigenvalue weighted by Crippen LogP contribution is 1.99. The molecule has 3 heteroatoms. The standard InChI is InChI=1S/C13H14O2Si/c1-4-10-14-16(15-11-5-2)13-9-7-6-8-12(13)3/h1-2,6-9,16H,10-11H2,3H3. The van der Waals surface area contributed by atoms with Crippen molar-refractivity contribution in [2.45, 2.75) is 6.92 Å². The second-order valence-electron chi connectivity index (χ2n) is 3.22. The minimum Gasteiger partial charge on any atom is -0.382 e. The molecule has 0 atom stereocenters. The highest BCUT2D eigenvalue weighted by molar-refractivity contribution is 6.61. The van der Waals surface area contributed by atoms with Gasteiger partial charge in [-0.15, -0.1) is 12.8 Å². The Kier molecular flexibility index (Phi) is 5.39. The van der Waals surface area contributed by atoms with Gasteiger partial charge < -0.3 is 8.85 Å². The number of hydrogen-bond acceptors (Lipinski definition) is 2. The fourth-order valence-electron chi connectivity index (χ4n) is 1.33. The summed E-state index contributed by atoms with van der Waals surface area (Å²) in [6, 6.07) is 7.96. The zero-order chi connectivity index (χ0) is 11.8. The quantitative estimate of drug-likeness (QED) is 0.548. The largest absolute Gasteiger partial charge is 0.382 e. The third-order valence-electron chi connectivity index (χ3n) is 2.08. The molecule has 82 valence electrons. The molecule has 0 radical (unpaired) electrons. The molecule has 0 aliphatic carbocycles. The van der Waals surface area contributed by atoms with Crippen LogP contribution in [0.1, 0.15) is 5.56 Å². The summed E-state index contributed by atoms with van der Waals surface area (Å²) in [5.41, 5.74) is 1.15. The van der Waals surface area contributed by atoms with E-state index in [4.69, 9.17) is 21.7 Å². The van der Waals surface area contributed by atoms with Crippen LogP contribution >= 0.6 is 0 Å². The molecule has 1 aromatic carbocycles. The maximum Gasteiger partial charge on any atom is 0.357 e. The van der Waals surface area contributed by atoms with E-state index in [1.54, 1.807) is 0 Å².